The normalized spacial score (nSPS) is 44.9. The van der Waals surface area contributed by atoms with Gasteiger partial charge in [-0.15, -0.1) is 11.6 Å². The van der Waals surface area contributed by atoms with Crippen LogP contribution in [-0.4, -0.2) is 37.0 Å². The Morgan fingerprint density at radius 1 is 1.14 bits per heavy atom. The van der Waals surface area contributed by atoms with Gasteiger partial charge in [-0.05, 0) is 63.8 Å². The van der Waals surface area contributed by atoms with Crippen LogP contribution in [0.1, 0.15) is 45.4 Å². The summed E-state index contributed by atoms with van der Waals surface area (Å²) in [5, 5.41) is 10.9. The number of rotatable bonds is 4. The van der Waals surface area contributed by atoms with E-state index in [-0.39, 0.29) is 6.23 Å². The van der Waals surface area contributed by atoms with Crippen molar-refractivity contribution >= 4 is 11.6 Å². The predicted molar refractivity (Wildman–Crippen MR) is 84.7 cm³/mol. The van der Waals surface area contributed by atoms with Gasteiger partial charge < -0.3 is 10.6 Å². The summed E-state index contributed by atoms with van der Waals surface area (Å²) in [6.45, 7) is 4.12. The van der Waals surface area contributed by atoms with E-state index in [2.05, 4.69) is 21.4 Å². The van der Waals surface area contributed by atoms with Crippen LogP contribution < -0.4 is 21.4 Å². The monoisotopic (exact) mass is 316 g/mol. The molecule has 122 valence electrons. The average Bonchev–Trinajstić information content (AvgIpc) is 2.94. The highest BCUT2D eigenvalue weighted by molar-refractivity contribution is 6.20. The van der Waals surface area contributed by atoms with Gasteiger partial charge in [0.15, 0.2) is 0 Å². The first-order valence-corrected chi connectivity index (χ1v) is 8.92. The minimum atomic E-state index is 0.137. The minimum absolute atomic E-state index is 0.137. The van der Waals surface area contributed by atoms with Gasteiger partial charge in [0.05, 0.1) is 12.3 Å². The third-order valence-corrected chi connectivity index (χ3v) is 5.53. The SMILES string of the molecule is CC1NC(C2CCC(CNC3CCC(Cl)CN3)CC2)NO1. The molecular formula is C15H29ClN4O. The Bertz CT molecular complexity index is 317. The van der Waals surface area contributed by atoms with Crippen LogP contribution in [-0.2, 0) is 4.84 Å². The molecule has 0 aromatic heterocycles. The molecule has 0 radical (unpaired) electrons. The van der Waals surface area contributed by atoms with Gasteiger partial charge in [-0.2, -0.15) is 5.48 Å². The second-order valence-electron chi connectivity index (χ2n) is 6.85. The summed E-state index contributed by atoms with van der Waals surface area (Å²) in [6.07, 6.45) is 8.42. The molecule has 1 saturated carbocycles. The van der Waals surface area contributed by atoms with Gasteiger partial charge >= 0.3 is 0 Å². The van der Waals surface area contributed by atoms with Crippen LogP contribution in [0.3, 0.4) is 0 Å². The molecule has 1 aliphatic carbocycles. The van der Waals surface area contributed by atoms with Crippen molar-refractivity contribution in [3.63, 3.8) is 0 Å². The van der Waals surface area contributed by atoms with E-state index in [4.69, 9.17) is 16.4 Å². The number of nitrogens with one attached hydrogen (secondary N) is 4. The highest BCUT2D eigenvalue weighted by Crippen LogP contribution is 2.31. The zero-order valence-corrected chi connectivity index (χ0v) is 13.7. The first-order valence-electron chi connectivity index (χ1n) is 8.49. The molecule has 0 aromatic rings. The summed E-state index contributed by atoms with van der Waals surface area (Å²) in [5.74, 6) is 1.52. The summed E-state index contributed by atoms with van der Waals surface area (Å²) in [6, 6.07) is 0. The molecule has 3 fully saturated rings. The van der Waals surface area contributed by atoms with Crippen molar-refractivity contribution in [3.8, 4) is 0 Å². The molecule has 0 bridgehead atoms. The Balaban J connectivity index is 1.32. The molecule has 4 unspecified atom stereocenters. The number of hydroxylamine groups is 1. The van der Waals surface area contributed by atoms with Gasteiger partial charge in [-0.1, -0.05) is 0 Å². The van der Waals surface area contributed by atoms with Gasteiger partial charge in [-0.3, -0.25) is 10.2 Å². The van der Waals surface area contributed by atoms with Crippen molar-refractivity contribution < 1.29 is 4.84 Å². The van der Waals surface area contributed by atoms with Gasteiger partial charge in [0.25, 0.3) is 0 Å². The molecule has 0 amide bonds. The van der Waals surface area contributed by atoms with Crippen LogP contribution >= 0.6 is 11.6 Å². The zero-order chi connectivity index (χ0) is 14.7. The van der Waals surface area contributed by atoms with Crippen LogP contribution in [0.2, 0.25) is 0 Å². The third kappa shape index (κ3) is 4.53. The first-order chi connectivity index (χ1) is 10.2. The van der Waals surface area contributed by atoms with Crippen LogP contribution in [0.15, 0.2) is 0 Å². The number of alkyl halides is 1. The van der Waals surface area contributed by atoms with E-state index >= 15 is 0 Å². The lowest BCUT2D eigenvalue weighted by Crippen LogP contribution is -2.50. The van der Waals surface area contributed by atoms with Gasteiger partial charge in [-0.25, -0.2) is 0 Å². The molecular weight excluding hydrogens is 288 g/mol. The maximum absolute atomic E-state index is 6.11. The fraction of sp³-hybridized carbons (Fsp3) is 1.00. The van der Waals surface area contributed by atoms with Crippen LogP contribution in [0.25, 0.3) is 0 Å². The van der Waals surface area contributed by atoms with Crippen molar-refractivity contribution in [3.05, 3.63) is 0 Å². The molecule has 21 heavy (non-hydrogen) atoms. The lowest BCUT2D eigenvalue weighted by atomic mass is 9.80. The van der Waals surface area contributed by atoms with Gasteiger partial charge in [0.1, 0.15) is 6.23 Å². The summed E-state index contributed by atoms with van der Waals surface area (Å²) in [5.41, 5.74) is 3.13. The molecule has 4 atom stereocenters. The lowest BCUT2D eigenvalue weighted by molar-refractivity contribution is 0.0251. The Morgan fingerprint density at radius 2 is 1.95 bits per heavy atom. The van der Waals surface area contributed by atoms with Gasteiger partial charge in [0, 0.05) is 11.9 Å². The molecule has 6 heteroatoms. The summed E-state index contributed by atoms with van der Waals surface area (Å²) in [7, 11) is 0. The quantitative estimate of drug-likeness (QED) is 0.592. The van der Waals surface area contributed by atoms with Crippen molar-refractivity contribution in [1.82, 2.24) is 21.4 Å². The number of piperidine rings is 1. The number of hydrogen-bond donors (Lipinski definition) is 4. The zero-order valence-electron chi connectivity index (χ0n) is 12.9. The predicted octanol–water partition coefficient (Wildman–Crippen LogP) is 1.50. The Kier molecular flexibility index (Phi) is 5.76. The van der Waals surface area contributed by atoms with Crippen molar-refractivity contribution in [2.24, 2.45) is 11.8 Å². The third-order valence-electron chi connectivity index (χ3n) is 5.16. The Hall–Kier alpha value is 0.0900. The lowest BCUT2D eigenvalue weighted by Gasteiger charge is -2.33. The van der Waals surface area contributed by atoms with E-state index in [1.807, 2.05) is 6.92 Å². The number of hydrogen-bond acceptors (Lipinski definition) is 5. The summed E-state index contributed by atoms with van der Waals surface area (Å²) >= 11 is 6.11. The molecule has 5 nitrogen and oxygen atoms in total. The van der Waals surface area contributed by atoms with E-state index in [0.29, 0.717) is 23.6 Å². The molecule has 3 aliphatic rings. The molecule has 2 heterocycles. The largest absolute Gasteiger partial charge is 0.302 e. The van der Waals surface area contributed by atoms with Crippen LogP contribution in [0.5, 0.6) is 0 Å². The highest BCUT2D eigenvalue weighted by Gasteiger charge is 2.32. The van der Waals surface area contributed by atoms with E-state index in [1.165, 1.54) is 25.7 Å². The smallest absolute Gasteiger partial charge is 0.128 e. The number of halogens is 1. The van der Waals surface area contributed by atoms with Crippen LogP contribution in [0.4, 0.5) is 0 Å². The maximum atomic E-state index is 6.11. The molecule has 2 saturated heterocycles. The second kappa shape index (κ2) is 7.57. The van der Waals surface area contributed by atoms with E-state index in [9.17, 15) is 0 Å². The van der Waals surface area contributed by atoms with E-state index in [1.54, 1.807) is 0 Å². The molecule has 0 spiro atoms. The first kappa shape index (κ1) is 16.0. The molecule has 2 aliphatic heterocycles. The molecule has 3 rings (SSSR count). The Labute approximate surface area is 132 Å². The average molecular weight is 317 g/mol. The minimum Gasteiger partial charge on any atom is -0.302 e. The summed E-state index contributed by atoms with van der Waals surface area (Å²) < 4.78 is 0. The highest BCUT2D eigenvalue weighted by atomic mass is 35.5. The van der Waals surface area contributed by atoms with Crippen LogP contribution in [0, 0.1) is 11.8 Å². The van der Waals surface area contributed by atoms with E-state index < -0.39 is 0 Å². The van der Waals surface area contributed by atoms with Gasteiger partial charge in [0.2, 0.25) is 0 Å². The fourth-order valence-electron chi connectivity index (χ4n) is 3.76. The maximum Gasteiger partial charge on any atom is 0.128 e. The van der Waals surface area contributed by atoms with Crippen molar-refractivity contribution in [2.75, 3.05) is 13.1 Å². The molecule has 4 N–H and O–H groups in total. The molecule has 0 aromatic carbocycles. The summed E-state index contributed by atoms with van der Waals surface area (Å²) in [4.78, 5) is 5.39. The topological polar surface area (TPSA) is 57.3 Å². The standard InChI is InChI=1S/C15H29ClN4O/c1-10-19-15(20-21-10)12-4-2-11(3-5-12)8-17-14-7-6-13(16)9-18-14/h10-15,17-20H,2-9H2,1H3. The second-order valence-corrected chi connectivity index (χ2v) is 7.46. The van der Waals surface area contributed by atoms with Crippen molar-refractivity contribution in [2.45, 2.75) is 69.4 Å². The van der Waals surface area contributed by atoms with E-state index in [0.717, 1.165) is 31.8 Å². The van der Waals surface area contributed by atoms with Crippen molar-refractivity contribution in [1.29, 1.82) is 0 Å². The fourth-order valence-corrected chi connectivity index (χ4v) is 3.97. The Morgan fingerprint density at radius 3 is 2.57 bits per heavy atom.